The fourth-order valence-corrected chi connectivity index (χ4v) is 4.59. The lowest BCUT2D eigenvalue weighted by atomic mass is 9.99. The van der Waals surface area contributed by atoms with Gasteiger partial charge in [0.15, 0.2) is 0 Å². The van der Waals surface area contributed by atoms with Gasteiger partial charge in [-0.15, -0.1) is 0 Å². The standard InChI is InChI=1S/C32H48O4/c1-2-3-4-5-7-16-23-30(35-26-28-19-12-10-13-20-28)31(36-27-29-21-14-11-15-22-29)24-17-8-6-9-18-25-32(33)34/h10-15,19-22,30-31H,2-9,16-18,23-27H2,1H3,(H,33,34). The molecule has 0 amide bonds. The Labute approximate surface area is 219 Å². The third kappa shape index (κ3) is 14.4. The molecule has 4 nitrogen and oxygen atoms in total. The number of carbonyl (C=O) groups is 1. The van der Waals surface area contributed by atoms with Crippen LogP contribution in [-0.2, 0) is 27.5 Å². The van der Waals surface area contributed by atoms with Crippen molar-refractivity contribution in [2.45, 2.75) is 122 Å². The van der Waals surface area contributed by atoms with Gasteiger partial charge < -0.3 is 14.6 Å². The molecule has 2 atom stereocenters. The van der Waals surface area contributed by atoms with Gasteiger partial charge in [0, 0.05) is 6.42 Å². The zero-order chi connectivity index (χ0) is 25.7. The minimum atomic E-state index is -0.697. The molecule has 4 heteroatoms. The number of hydrogen-bond donors (Lipinski definition) is 1. The Morgan fingerprint density at radius 3 is 1.50 bits per heavy atom. The second kappa shape index (κ2) is 20.0. The van der Waals surface area contributed by atoms with Crippen LogP contribution in [0.2, 0.25) is 0 Å². The van der Waals surface area contributed by atoms with Crippen LogP contribution in [0.15, 0.2) is 60.7 Å². The Balaban J connectivity index is 1.94. The van der Waals surface area contributed by atoms with Crippen LogP contribution in [-0.4, -0.2) is 23.3 Å². The number of ether oxygens (including phenoxy) is 2. The Bertz CT molecular complexity index is 777. The highest BCUT2D eigenvalue weighted by Gasteiger charge is 2.23. The van der Waals surface area contributed by atoms with E-state index in [4.69, 9.17) is 14.6 Å². The molecule has 0 saturated heterocycles. The Hall–Kier alpha value is -2.17. The van der Waals surface area contributed by atoms with Crippen molar-refractivity contribution in [2.24, 2.45) is 0 Å². The average molecular weight is 497 g/mol. The molecule has 0 fully saturated rings. The summed E-state index contributed by atoms with van der Waals surface area (Å²) in [6.07, 6.45) is 15.0. The van der Waals surface area contributed by atoms with Gasteiger partial charge in [-0.2, -0.15) is 0 Å². The summed E-state index contributed by atoms with van der Waals surface area (Å²) in [5, 5.41) is 8.84. The summed E-state index contributed by atoms with van der Waals surface area (Å²) in [6, 6.07) is 20.8. The van der Waals surface area contributed by atoms with E-state index in [2.05, 4.69) is 55.5 Å². The first-order valence-electron chi connectivity index (χ1n) is 14.2. The van der Waals surface area contributed by atoms with Gasteiger partial charge in [0.1, 0.15) is 0 Å². The zero-order valence-electron chi connectivity index (χ0n) is 22.4. The molecule has 2 aromatic rings. The highest BCUT2D eigenvalue weighted by Crippen LogP contribution is 2.22. The maximum absolute atomic E-state index is 10.7. The second-order valence-corrected chi connectivity index (χ2v) is 9.93. The average Bonchev–Trinajstić information content (AvgIpc) is 2.90. The highest BCUT2D eigenvalue weighted by atomic mass is 16.5. The number of rotatable bonds is 22. The highest BCUT2D eigenvalue weighted by molar-refractivity contribution is 5.66. The smallest absolute Gasteiger partial charge is 0.303 e. The lowest BCUT2D eigenvalue weighted by molar-refractivity contribution is -0.137. The van der Waals surface area contributed by atoms with E-state index in [-0.39, 0.29) is 18.6 Å². The molecule has 2 rings (SSSR count). The number of benzene rings is 2. The fraction of sp³-hybridized carbons (Fsp3) is 0.594. The molecule has 0 saturated carbocycles. The molecule has 36 heavy (non-hydrogen) atoms. The molecule has 0 aliphatic rings. The first kappa shape index (κ1) is 30.1. The van der Waals surface area contributed by atoms with E-state index in [9.17, 15) is 4.79 Å². The van der Waals surface area contributed by atoms with Gasteiger partial charge in [0.25, 0.3) is 0 Å². The SMILES string of the molecule is CCCCCCCCC(OCc1ccccc1)C(CCCCCCCC(=O)O)OCc1ccccc1. The lowest BCUT2D eigenvalue weighted by Crippen LogP contribution is -2.32. The third-order valence-corrected chi connectivity index (χ3v) is 6.75. The van der Waals surface area contributed by atoms with Gasteiger partial charge in [0.2, 0.25) is 0 Å². The van der Waals surface area contributed by atoms with Crippen molar-refractivity contribution in [3.63, 3.8) is 0 Å². The number of hydrogen-bond acceptors (Lipinski definition) is 3. The molecule has 1 N–H and O–H groups in total. The van der Waals surface area contributed by atoms with Crippen molar-refractivity contribution in [1.29, 1.82) is 0 Å². The molecule has 0 bridgehead atoms. The summed E-state index contributed by atoms with van der Waals surface area (Å²) in [5.74, 6) is -0.697. The Kier molecular flexibility index (Phi) is 16.7. The number of carboxylic acids is 1. The van der Waals surface area contributed by atoms with E-state index in [0.717, 1.165) is 44.9 Å². The molecule has 0 aliphatic carbocycles. The van der Waals surface area contributed by atoms with Crippen molar-refractivity contribution >= 4 is 5.97 Å². The summed E-state index contributed by atoms with van der Waals surface area (Å²) < 4.78 is 13.1. The number of unbranched alkanes of at least 4 members (excludes halogenated alkanes) is 9. The van der Waals surface area contributed by atoms with Crippen molar-refractivity contribution in [3.8, 4) is 0 Å². The molecule has 0 aromatic heterocycles. The molecular formula is C32H48O4. The normalized spacial score (nSPS) is 12.9. The molecule has 2 unspecified atom stereocenters. The van der Waals surface area contributed by atoms with Crippen LogP contribution in [0.3, 0.4) is 0 Å². The molecule has 0 radical (unpaired) electrons. The van der Waals surface area contributed by atoms with Crippen LogP contribution in [0.1, 0.15) is 108 Å². The summed E-state index contributed by atoms with van der Waals surface area (Å²) in [5.41, 5.74) is 2.39. The van der Waals surface area contributed by atoms with Crippen LogP contribution < -0.4 is 0 Å². The van der Waals surface area contributed by atoms with Gasteiger partial charge in [-0.25, -0.2) is 0 Å². The summed E-state index contributed by atoms with van der Waals surface area (Å²) >= 11 is 0. The van der Waals surface area contributed by atoms with Crippen molar-refractivity contribution in [3.05, 3.63) is 71.8 Å². The van der Waals surface area contributed by atoms with Crippen LogP contribution >= 0.6 is 0 Å². The largest absolute Gasteiger partial charge is 0.481 e. The summed E-state index contributed by atoms with van der Waals surface area (Å²) in [4.78, 5) is 10.7. The molecule has 2 aromatic carbocycles. The monoisotopic (exact) mass is 496 g/mol. The Morgan fingerprint density at radius 1 is 0.639 bits per heavy atom. The first-order valence-corrected chi connectivity index (χ1v) is 14.2. The van der Waals surface area contributed by atoms with E-state index in [1.165, 1.54) is 49.7 Å². The van der Waals surface area contributed by atoms with Gasteiger partial charge in [-0.05, 0) is 30.4 Å². The Morgan fingerprint density at radius 2 is 1.06 bits per heavy atom. The molecule has 0 spiro atoms. The van der Waals surface area contributed by atoms with Crippen LogP contribution in [0.25, 0.3) is 0 Å². The van der Waals surface area contributed by atoms with E-state index >= 15 is 0 Å². The van der Waals surface area contributed by atoms with Gasteiger partial charge in [-0.3, -0.25) is 4.79 Å². The zero-order valence-corrected chi connectivity index (χ0v) is 22.4. The maximum Gasteiger partial charge on any atom is 0.303 e. The summed E-state index contributed by atoms with van der Waals surface area (Å²) in [7, 11) is 0. The maximum atomic E-state index is 10.7. The van der Waals surface area contributed by atoms with Crippen molar-refractivity contribution in [2.75, 3.05) is 0 Å². The van der Waals surface area contributed by atoms with Gasteiger partial charge in [0.05, 0.1) is 25.4 Å². The van der Waals surface area contributed by atoms with Gasteiger partial charge >= 0.3 is 5.97 Å². The second-order valence-electron chi connectivity index (χ2n) is 9.93. The first-order chi connectivity index (χ1) is 17.7. The molecule has 0 aliphatic heterocycles. The summed E-state index contributed by atoms with van der Waals surface area (Å²) in [6.45, 7) is 3.47. The van der Waals surface area contributed by atoms with Gasteiger partial charge in [-0.1, -0.05) is 132 Å². The molecule has 200 valence electrons. The van der Waals surface area contributed by atoms with Crippen molar-refractivity contribution in [1.82, 2.24) is 0 Å². The van der Waals surface area contributed by atoms with E-state index in [0.29, 0.717) is 13.2 Å². The van der Waals surface area contributed by atoms with Crippen LogP contribution in [0.4, 0.5) is 0 Å². The van der Waals surface area contributed by atoms with E-state index in [1.807, 2.05) is 12.1 Å². The predicted octanol–water partition coefficient (Wildman–Crippen LogP) is 8.72. The van der Waals surface area contributed by atoms with Crippen LogP contribution in [0, 0.1) is 0 Å². The van der Waals surface area contributed by atoms with Crippen LogP contribution in [0.5, 0.6) is 0 Å². The minimum absolute atomic E-state index is 0.0589. The van der Waals surface area contributed by atoms with E-state index in [1.54, 1.807) is 0 Å². The molecular weight excluding hydrogens is 448 g/mol. The topological polar surface area (TPSA) is 55.8 Å². The van der Waals surface area contributed by atoms with E-state index < -0.39 is 5.97 Å². The number of carboxylic acid groups (broad SMARTS) is 1. The quantitative estimate of drug-likeness (QED) is 0.166. The fourth-order valence-electron chi connectivity index (χ4n) is 4.59. The van der Waals surface area contributed by atoms with Crippen molar-refractivity contribution < 1.29 is 19.4 Å². The lowest BCUT2D eigenvalue weighted by Gasteiger charge is -2.28. The molecule has 0 heterocycles. The predicted molar refractivity (Wildman–Crippen MR) is 148 cm³/mol. The number of aliphatic carboxylic acids is 1. The minimum Gasteiger partial charge on any atom is -0.481 e. The third-order valence-electron chi connectivity index (χ3n) is 6.75.